The minimum absolute atomic E-state index is 0.226. The number of alkyl halides is 2. The Morgan fingerprint density at radius 3 is 2.79 bits per heavy atom. The van der Waals surface area contributed by atoms with Crippen LogP contribution in [0.2, 0.25) is 0 Å². The summed E-state index contributed by atoms with van der Waals surface area (Å²) >= 11 is 6.13. The second kappa shape index (κ2) is 5.60. The third kappa shape index (κ3) is 2.03. The Labute approximate surface area is 151 Å². The molecule has 4 rings (SSSR count). The molecule has 0 aromatic rings. The van der Waals surface area contributed by atoms with E-state index in [2.05, 4.69) is 39.0 Å². The summed E-state index contributed by atoms with van der Waals surface area (Å²) in [7, 11) is 0. The number of allylic oxidation sites excluding steroid dienone is 4. The monoisotopic (exact) mass is 350 g/mol. The predicted octanol–water partition coefficient (Wildman–Crippen LogP) is 6.70. The first kappa shape index (κ1) is 17.1. The van der Waals surface area contributed by atoms with Crippen molar-refractivity contribution in [1.29, 1.82) is 0 Å². The van der Waals surface area contributed by atoms with Gasteiger partial charge in [-0.05, 0) is 81.0 Å². The summed E-state index contributed by atoms with van der Waals surface area (Å²) in [5.74, 6) is 2.87. The molecular weight excluding hydrogens is 319 g/mol. The van der Waals surface area contributed by atoms with Crippen molar-refractivity contribution < 1.29 is 4.39 Å². The van der Waals surface area contributed by atoms with Gasteiger partial charge in [0, 0.05) is 11.3 Å². The fourth-order valence-electron chi connectivity index (χ4n) is 7.43. The van der Waals surface area contributed by atoms with Crippen molar-refractivity contribution in [1.82, 2.24) is 0 Å². The van der Waals surface area contributed by atoms with Gasteiger partial charge < -0.3 is 0 Å². The number of hydrogen-bond acceptors (Lipinski definition) is 0. The quantitative estimate of drug-likeness (QED) is 0.384. The lowest BCUT2D eigenvalue weighted by Crippen LogP contribution is -2.59. The summed E-state index contributed by atoms with van der Waals surface area (Å²) in [5, 5.41) is 0. The zero-order valence-corrected chi connectivity index (χ0v) is 16.2. The predicted molar refractivity (Wildman–Crippen MR) is 99.9 cm³/mol. The van der Waals surface area contributed by atoms with Crippen molar-refractivity contribution in [3.63, 3.8) is 0 Å². The highest BCUT2D eigenvalue weighted by Gasteiger charge is 2.66. The molecule has 0 aromatic carbocycles. The van der Waals surface area contributed by atoms with Gasteiger partial charge in [0.1, 0.15) is 5.67 Å². The van der Waals surface area contributed by atoms with Crippen LogP contribution in [0.1, 0.15) is 65.7 Å². The SMILES string of the molecule is C[C@@H]1C[C@H]2[C@@H]3CCC4=CCC=C[C@]4(C)[C@@]3(F)CC[C@]2(C)[C@H]1CCCl. The fourth-order valence-corrected chi connectivity index (χ4v) is 7.66. The van der Waals surface area contributed by atoms with Gasteiger partial charge in [-0.15, -0.1) is 11.6 Å². The molecule has 7 atom stereocenters. The highest BCUT2D eigenvalue weighted by atomic mass is 35.5. The van der Waals surface area contributed by atoms with Crippen LogP contribution in [0.5, 0.6) is 0 Å². The van der Waals surface area contributed by atoms with Gasteiger partial charge in [0.2, 0.25) is 0 Å². The van der Waals surface area contributed by atoms with Crippen molar-refractivity contribution in [2.24, 2.45) is 34.5 Å². The summed E-state index contributed by atoms with van der Waals surface area (Å²) in [5.41, 5.74) is 0.261. The molecule has 0 bridgehead atoms. The Hall–Kier alpha value is -0.300. The Bertz CT molecular complexity index is 581. The molecule has 134 valence electrons. The van der Waals surface area contributed by atoms with Crippen molar-refractivity contribution in [2.75, 3.05) is 5.88 Å². The second-order valence-electron chi connectivity index (χ2n) is 9.49. The van der Waals surface area contributed by atoms with Gasteiger partial charge in [-0.25, -0.2) is 4.39 Å². The topological polar surface area (TPSA) is 0 Å². The average molecular weight is 351 g/mol. The van der Waals surface area contributed by atoms with Crippen LogP contribution in [0.25, 0.3) is 0 Å². The van der Waals surface area contributed by atoms with E-state index in [-0.39, 0.29) is 11.3 Å². The van der Waals surface area contributed by atoms with Crippen LogP contribution in [-0.4, -0.2) is 11.5 Å². The molecule has 2 heteroatoms. The lowest BCUT2D eigenvalue weighted by Gasteiger charge is -2.60. The Morgan fingerprint density at radius 2 is 2.04 bits per heavy atom. The maximum absolute atomic E-state index is 16.7. The first-order valence-corrected chi connectivity index (χ1v) is 10.5. The first-order chi connectivity index (χ1) is 11.4. The zero-order chi connectivity index (χ0) is 17.2. The van der Waals surface area contributed by atoms with E-state index in [9.17, 15) is 0 Å². The number of hydrogen-bond donors (Lipinski definition) is 0. The van der Waals surface area contributed by atoms with Crippen LogP contribution in [0.15, 0.2) is 23.8 Å². The summed E-state index contributed by atoms with van der Waals surface area (Å²) in [6.45, 7) is 7.03. The van der Waals surface area contributed by atoms with Gasteiger partial charge in [0.25, 0.3) is 0 Å². The van der Waals surface area contributed by atoms with Crippen LogP contribution in [0.4, 0.5) is 4.39 Å². The molecule has 4 aliphatic rings. The number of fused-ring (bicyclic) bond motifs is 5. The van der Waals surface area contributed by atoms with Crippen LogP contribution in [0, 0.1) is 34.5 Å². The molecule has 0 aromatic heterocycles. The maximum atomic E-state index is 16.7. The molecular formula is C22H32ClF. The van der Waals surface area contributed by atoms with E-state index < -0.39 is 5.67 Å². The molecule has 0 saturated heterocycles. The van der Waals surface area contributed by atoms with Crippen molar-refractivity contribution in [3.05, 3.63) is 23.8 Å². The molecule has 3 fully saturated rings. The molecule has 4 aliphatic carbocycles. The van der Waals surface area contributed by atoms with Crippen LogP contribution in [-0.2, 0) is 0 Å². The van der Waals surface area contributed by atoms with E-state index in [0.717, 1.165) is 44.4 Å². The first-order valence-electron chi connectivity index (χ1n) is 9.99. The summed E-state index contributed by atoms with van der Waals surface area (Å²) in [4.78, 5) is 0. The third-order valence-electron chi connectivity index (χ3n) is 8.73. The molecule has 24 heavy (non-hydrogen) atoms. The molecule has 0 aliphatic heterocycles. The van der Waals surface area contributed by atoms with Crippen LogP contribution < -0.4 is 0 Å². The molecule has 0 N–H and O–H groups in total. The standard InChI is InChI=1S/C22H32ClF/c1-15-14-19-18-8-7-16-6-4-5-10-21(16,3)22(18,24)12-11-20(19,2)17(15)9-13-23/h5-6,10,15,17-19H,4,7-9,11-14H2,1-3H3/t15-,17+,18+,19+,20-,21+,22-/m1/s1. The summed E-state index contributed by atoms with van der Waals surface area (Å²) < 4.78 is 16.7. The van der Waals surface area contributed by atoms with Crippen LogP contribution >= 0.6 is 11.6 Å². The number of halogens is 2. The van der Waals surface area contributed by atoms with Crippen LogP contribution in [0.3, 0.4) is 0 Å². The zero-order valence-electron chi connectivity index (χ0n) is 15.5. The molecule has 0 heterocycles. The van der Waals surface area contributed by atoms with E-state index >= 15 is 4.39 Å². The Kier molecular flexibility index (Phi) is 4.00. The van der Waals surface area contributed by atoms with Crippen molar-refractivity contribution in [3.8, 4) is 0 Å². The van der Waals surface area contributed by atoms with Gasteiger partial charge in [0.15, 0.2) is 0 Å². The van der Waals surface area contributed by atoms with Gasteiger partial charge in [-0.3, -0.25) is 0 Å². The Balaban J connectivity index is 1.72. The highest BCUT2D eigenvalue weighted by molar-refractivity contribution is 6.17. The third-order valence-corrected chi connectivity index (χ3v) is 8.95. The van der Waals surface area contributed by atoms with E-state index in [1.807, 2.05) is 0 Å². The normalized spacial score (nSPS) is 53.1. The molecule has 0 radical (unpaired) electrons. The van der Waals surface area contributed by atoms with Gasteiger partial charge in [0.05, 0.1) is 0 Å². The van der Waals surface area contributed by atoms with Crippen molar-refractivity contribution >= 4 is 11.6 Å². The molecule has 0 spiro atoms. The minimum atomic E-state index is -1.05. The minimum Gasteiger partial charge on any atom is -0.242 e. The lowest BCUT2D eigenvalue weighted by molar-refractivity contribution is -0.126. The van der Waals surface area contributed by atoms with Gasteiger partial charge >= 0.3 is 0 Å². The summed E-state index contributed by atoms with van der Waals surface area (Å²) in [6, 6.07) is 0. The molecule has 0 amide bonds. The number of rotatable bonds is 2. The highest BCUT2D eigenvalue weighted by Crippen LogP contribution is 2.70. The molecule has 3 saturated carbocycles. The van der Waals surface area contributed by atoms with Crippen molar-refractivity contribution in [2.45, 2.75) is 71.4 Å². The summed E-state index contributed by atoms with van der Waals surface area (Å²) in [6.07, 6.45) is 13.9. The van der Waals surface area contributed by atoms with Gasteiger partial charge in [-0.2, -0.15) is 0 Å². The molecule has 0 unspecified atom stereocenters. The fraction of sp³-hybridized carbons (Fsp3) is 0.818. The van der Waals surface area contributed by atoms with E-state index in [0.29, 0.717) is 23.2 Å². The van der Waals surface area contributed by atoms with Gasteiger partial charge in [-0.1, -0.05) is 37.6 Å². The second-order valence-corrected chi connectivity index (χ2v) is 9.86. The smallest absolute Gasteiger partial charge is 0.126 e. The lowest BCUT2D eigenvalue weighted by atomic mass is 9.46. The average Bonchev–Trinajstić information content (AvgIpc) is 2.80. The maximum Gasteiger partial charge on any atom is 0.126 e. The molecule has 0 nitrogen and oxygen atoms in total. The largest absolute Gasteiger partial charge is 0.242 e. The van der Waals surface area contributed by atoms with E-state index in [1.54, 1.807) is 0 Å². The van der Waals surface area contributed by atoms with E-state index in [4.69, 9.17) is 11.6 Å². The Morgan fingerprint density at radius 1 is 1.25 bits per heavy atom. The van der Waals surface area contributed by atoms with E-state index in [1.165, 1.54) is 12.0 Å².